The Bertz CT molecular complexity index is 799. The third-order valence-corrected chi connectivity index (χ3v) is 5.29. The number of likely N-dealkylation sites (tertiary alicyclic amines) is 1. The molecule has 3 N–H and O–H groups in total. The summed E-state index contributed by atoms with van der Waals surface area (Å²) in [6.45, 7) is 4.89. The molecule has 0 saturated carbocycles. The Hall–Kier alpha value is -2.73. The highest BCUT2D eigenvalue weighted by atomic mass is 16.5. The molecule has 0 aliphatic carbocycles. The van der Waals surface area contributed by atoms with Gasteiger partial charge in [-0.15, -0.1) is 0 Å². The SMILES string of the molecule is CN=C(NCCc1ccc(OC)cc1O)NCc1ccc(CN2CCCC2)cc1. The Morgan fingerprint density at radius 1 is 1.07 bits per heavy atom. The van der Waals surface area contributed by atoms with Crippen molar-refractivity contribution in [3.8, 4) is 11.5 Å². The van der Waals surface area contributed by atoms with Crippen molar-refractivity contribution in [3.05, 3.63) is 59.2 Å². The minimum atomic E-state index is 0.253. The number of hydrogen-bond donors (Lipinski definition) is 3. The molecule has 0 bridgehead atoms. The Labute approximate surface area is 173 Å². The fourth-order valence-corrected chi connectivity index (χ4v) is 3.57. The summed E-state index contributed by atoms with van der Waals surface area (Å²) in [5.41, 5.74) is 3.48. The largest absolute Gasteiger partial charge is 0.508 e. The van der Waals surface area contributed by atoms with Crippen LogP contribution in [0.15, 0.2) is 47.5 Å². The number of phenols is 1. The van der Waals surface area contributed by atoms with Gasteiger partial charge in [0.25, 0.3) is 0 Å². The van der Waals surface area contributed by atoms with Gasteiger partial charge in [-0.25, -0.2) is 0 Å². The molecule has 2 aromatic rings. The van der Waals surface area contributed by atoms with E-state index in [1.165, 1.54) is 37.1 Å². The summed E-state index contributed by atoms with van der Waals surface area (Å²) in [4.78, 5) is 6.79. The van der Waals surface area contributed by atoms with E-state index in [4.69, 9.17) is 4.74 Å². The third kappa shape index (κ3) is 6.39. The average molecular weight is 397 g/mol. The lowest BCUT2D eigenvalue weighted by atomic mass is 10.1. The van der Waals surface area contributed by atoms with Crippen LogP contribution in [-0.2, 0) is 19.5 Å². The summed E-state index contributed by atoms with van der Waals surface area (Å²) in [6, 6.07) is 14.2. The lowest BCUT2D eigenvalue weighted by molar-refractivity contribution is 0.331. The second-order valence-corrected chi connectivity index (χ2v) is 7.40. The molecule has 1 saturated heterocycles. The maximum atomic E-state index is 10.1. The number of aromatic hydroxyl groups is 1. The topological polar surface area (TPSA) is 69.1 Å². The zero-order valence-corrected chi connectivity index (χ0v) is 17.4. The van der Waals surface area contributed by atoms with Crippen molar-refractivity contribution in [2.24, 2.45) is 4.99 Å². The summed E-state index contributed by atoms with van der Waals surface area (Å²) in [6.07, 6.45) is 3.35. The summed E-state index contributed by atoms with van der Waals surface area (Å²) in [7, 11) is 3.35. The standard InChI is InChI=1S/C23H32N4O2/c1-24-23(25-12-11-20-9-10-21(29-2)15-22(20)28)26-16-18-5-7-19(8-6-18)17-27-13-3-4-14-27/h5-10,15,28H,3-4,11-14,16-17H2,1-2H3,(H2,24,25,26). The van der Waals surface area contributed by atoms with E-state index >= 15 is 0 Å². The van der Waals surface area contributed by atoms with Gasteiger partial charge in [0, 0.05) is 32.7 Å². The number of aliphatic imine (C=N–C) groups is 1. The van der Waals surface area contributed by atoms with Crippen LogP contribution in [-0.4, -0.2) is 49.8 Å². The van der Waals surface area contributed by atoms with E-state index < -0.39 is 0 Å². The van der Waals surface area contributed by atoms with Crippen LogP contribution in [0.4, 0.5) is 0 Å². The molecule has 0 amide bonds. The van der Waals surface area contributed by atoms with Gasteiger partial charge < -0.3 is 20.5 Å². The number of guanidine groups is 1. The zero-order valence-electron chi connectivity index (χ0n) is 17.4. The van der Waals surface area contributed by atoms with E-state index in [-0.39, 0.29) is 5.75 Å². The minimum absolute atomic E-state index is 0.253. The van der Waals surface area contributed by atoms with Crippen LogP contribution in [0.2, 0.25) is 0 Å². The molecular weight excluding hydrogens is 364 g/mol. The molecule has 1 heterocycles. The van der Waals surface area contributed by atoms with E-state index in [1.807, 2.05) is 12.1 Å². The maximum absolute atomic E-state index is 10.1. The second kappa shape index (κ2) is 10.7. The fourth-order valence-electron chi connectivity index (χ4n) is 3.57. The van der Waals surface area contributed by atoms with Crippen molar-refractivity contribution in [2.75, 3.05) is 33.8 Å². The molecule has 0 spiro atoms. The Kier molecular flexibility index (Phi) is 7.76. The molecule has 2 aromatic carbocycles. The lowest BCUT2D eigenvalue weighted by Gasteiger charge is -2.15. The van der Waals surface area contributed by atoms with Gasteiger partial charge in [0.15, 0.2) is 5.96 Å². The summed E-state index contributed by atoms with van der Waals surface area (Å²) in [5, 5.41) is 16.7. The van der Waals surface area contributed by atoms with E-state index in [1.54, 1.807) is 20.2 Å². The van der Waals surface area contributed by atoms with Crippen molar-refractivity contribution in [2.45, 2.75) is 32.4 Å². The van der Waals surface area contributed by atoms with Gasteiger partial charge in [-0.05, 0) is 55.1 Å². The Balaban J connectivity index is 1.42. The van der Waals surface area contributed by atoms with Crippen LogP contribution < -0.4 is 15.4 Å². The van der Waals surface area contributed by atoms with Crippen molar-refractivity contribution in [3.63, 3.8) is 0 Å². The van der Waals surface area contributed by atoms with Crippen molar-refractivity contribution in [1.29, 1.82) is 0 Å². The predicted octanol–water partition coefficient (Wildman–Crippen LogP) is 2.90. The molecule has 0 unspecified atom stereocenters. The first kappa shape index (κ1) is 21.0. The highest BCUT2D eigenvalue weighted by Gasteiger charge is 2.11. The molecule has 6 nitrogen and oxygen atoms in total. The number of hydrogen-bond acceptors (Lipinski definition) is 4. The van der Waals surface area contributed by atoms with Gasteiger partial charge >= 0.3 is 0 Å². The van der Waals surface area contributed by atoms with Gasteiger partial charge in [0.05, 0.1) is 7.11 Å². The van der Waals surface area contributed by atoms with Crippen molar-refractivity contribution < 1.29 is 9.84 Å². The molecule has 1 fully saturated rings. The molecule has 29 heavy (non-hydrogen) atoms. The van der Waals surface area contributed by atoms with E-state index in [0.29, 0.717) is 18.7 Å². The van der Waals surface area contributed by atoms with Crippen LogP contribution >= 0.6 is 0 Å². The van der Waals surface area contributed by atoms with Gasteiger partial charge in [-0.1, -0.05) is 30.3 Å². The summed E-state index contributed by atoms with van der Waals surface area (Å²) in [5.74, 6) is 1.66. The molecule has 156 valence electrons. The van der Waals surface area contributed by atoms with E-state index in [9.17, 15) is 5.11 Å². The molecule has 6 heteroatoms. The van der Waals surface area contributed by atoms with Crippen LogP contribution in [0.5, 0.6) is 11.5 Å². The molecule has 1 aliphatic rings. The second-order valence-electron chi connectivity index (χ2n) is 7.40. The molecule has 1 aliphatic heterocycles. The Morgan fingerprint density at radius 3 is 2.45 bits per heavy atom. The highest BCUT2D eigenvalue weighted by Crippen LogP contribution is 2.23. The number of phenolic OH excluding ortho intramolecular Hbond substituents is 1. The van der Waals surface area contributed by atoms with Gasteiger partial charge in [0.1, 0.15) is 11.5 Å². The van der Waals surface area contributed by atoms with Crippen LogP contribution in [0.3, 0.4) is 0 Å². The third-order valence-electron chi connectivity index (χ3n) is 5.29. The van der Waals surface area contributed by atoms with Crippen LogP contribution in [0, 0.1) is 0 Å². The number of rotatable bonds is 8. The monoisotopic (exact) mass is 396 g/mol. The number of nitrogens with one attached hydrogen (secondary N) is 2. The first-order valence-corrected chi connectivity index (χ1v) is 10.3. The first-order valence-electron chi connectivity index (χ1n) is 10.3. The minimum Gasteiger partial charge on any atom is -0.508 e. The van der Waals surface area contributed by atoms with Gasteiger partial charge in [0.2, 0.25) is 0 Å². The fraction of sp³-hybridized carbons (Fsp3) is 0.435. The average Bonchev–Trinajstić information content (AvgIpc) is 3.25. The lowest BCUT2D eigenvalue weighted by Crippen LogP contribution is -2.37. The number of ether oxygens (including phenoxy) is 1. The zero-order chi connectivity index (χ0) is 20.5. The van der Waals surface area contributed by atoms with Crippen molar-refractivity contribution in [1.82, 2.24) is 15.5 Å². The quantitative estimate of drug-likeness (QED) is 0.473. The molecule has 0 aromatic heterocycles. The van der Waals surface area contributed by atoms with E-state index in [0.717, 1.165) is 24.6 Å². The van der Waals surface area contributed by atoms with Crippen LogP contribution in [0.1, 0.15) is 29.5 Å². The number of benzene rings is 2. The maximum Gasteiger partial charge on any atom is 0.191 e. The number of methoxy groups -OCH3 is 1. The van der Waals surface area contributed by atoms with Crippen LogP contribution in [0.25, 0.3) is 0 Å². The predicted molar refractivity (Wildman–Crippen MR) is 118 cm³/mol. The normalized spacial score (nSPS) is 14.8. The Morgan fingerprint density at radius 2 is 1.79 bits per heavy atom. The highest BCUT2D eigenvalue weighted by molar-refractivity contribution is 5.79. The van der Waals surface area contributed by atoms with Gasteiger partial charge in [-0.2, -0.15) is 0 Å². The van der Waals surface area contributed by atoms with Crippen molar-refractivity contribution >= 4 is 5.96 Å². The summed E-state index contributed by atoms with van der Waals surface area (Å²) >= 11 is 0. The first-order chi connectivity index (χ1) is 14.2. The van der Waals surface area contributed by atoms with Gasteiger partial charge in [-0.3, -0.25) is 9.89 Å². The molecule has 0 atom stereocenters. The molecular formula is C23H32N4O2. The summed E-state index contributed by atoms with van der Waals surface area (Å²) < 4.78 is 5.12. The molecule has 0 radical (unpaired) electrons. The van der Waals surface area contributed by atoms with E-state index in [2.05, 4.69) is 44.8 Å². The number of nitrogens with zero attached hydrogens (tertiary/aromatic N) is 2. The molecule has 3 rings (SSSR count). The smallest absolute Gasteiger partial charge is 0.191 e.